The van der Waals surface area contributed by atoms with Crippen LogP contribution in [0.4, 0.5) is 15.8 Å². The first-order valence-electron chi connectivity index (χ1n) is 5.50. The fraction of sp³-hybridized carbons (Fsp3) is 0.0833. The fourth-order valence-corrected chi connectivity index (χ4v) is 2.57. The number of nitrogens with two attached hydrogens (primary N) is 1. The maximum atomic E-state index is 12.7. The Morgan fingerprint density at radius 3 is 2.65 bits per heavy atom. The van der Waals surface area contributed by atoms with Crippen LogP contribution in [0.25, 0.3) is 0 Å². The molecule has 3 N–H and O–H groups in total. The molecule has 20 heavy (non-hydrogen) atoms. The van der Waals surface area contributed by atoms with Gasteiger partial charge in [0, 0.05) is 6.07 Å². The monoisotopic (exact) mass is 297 g/mol. The van der Waals surface area contributed by atoms with Gasteiger partial charge in [-0.05, 0) is 24.3 Å². The molecular weight excluding hydrogens is 285 g/mol. The van der Waals surface area contributed by atoms with E-state index in [1.165, 1.54) is 31.4 Å². The molecule has 0 saturated heterocycles. The lowest BCUT2D eigenvalue weighted by molar-refractivity contribution is 0.415. The van der Waals surface area contributed by atoms with Crippen LogP contribution in [0, 0.1) is 5.95 Å². The van der Waals surface area contributed by atoms with E-state index in [4.69, 9.17) is 10.5 Å². The van der Waals surface area contributed by atoms with Crippen molar-refractivity contribution in [1.82, 2.24) is 4.98 Å². The first-order chi connectivity index (χ1) is 9.42. The predicted molar refractivity (Wildman–Crippen MR) is 72.4 cm³/mol. The summed E-state index contributed by atoms with van der Waals surface area (Å²) >= 11 is 0. The molecule has 0 fully saturated rings. The van der Waals surface area contributed by atoms with Gasteiger partial charge in [0.25, 0.3) is 10.0 Å². The number of hydrogen-bond acceptors (Lipinski definition) is 5. The van der Waals surface area contributed by atoms with Crippen molar-refractivity contribution in [3.8, 4) is 5.75 Å². The molecule has 0 amide bonds. The third-order valence-electron chi connectivity index (χ3n) is 2.49. The second-order valence-electron chi connectivity index (χ2n) is 3.88. The van der Waals surface area contributed by atoms with Crippen LogP contribution < -0.4 is 15.2 Å². The van der Waals surface area contributed by atoms with Crippen molar-refractivity contribution < 1.29 is 17.5 Å². The van der Waals surface area contributed by atoms with Crippen LogP contribution in [0.2, 0.25) is 0 Å². The second-order valence-corrected chi connectivity index (χ2v) is 5.56. The van der Waals surface area contributed by atoms with Gasteiger partial charge >= 0.3 is 0 Å². The van der Waals surface area contributed by atoms with Crippen molar-refractivity contribution in [1.29, 1.82) is 0 Å². The molecule has 0 aliphatic carbocycles. The SMILES string of the molecule is COc1cc(S(=O)(=O)Nc2ccc(F)nc2)ccc1N. The Balaban J connectivity index is 2.33. The molecule has 0 aliphatic rings. The van der Waals surface area contributed by atoms with E-state index in [9.17, 15) is 12.8 Å². The summed E-state index contributed by atoms with van der Waals surface area (Å²) < 4.78 is 44.2. The molecule has 0 atom stereocenters. The summed E-state index contributed by atoms with van der Waals surface area (Å²) in [6.07, 6.45) is 1.08. The van der Waals surface area contributed by atoms with E-state index >= 15 is 0 Å². The molecule has 1 heterocycles. The van der Waals surface area contributed by atoms with E-state index in [-0.39, 0.29) is 16.3 Å². The van der Waals surface area contributed by atoms with Crippen molar-refractivity contribution in [2.45, 2.75) is 4.90 Å². The largest absolute Gasteiger partial charge is 0.495 e. The quantitative estimate of drug-likeness (QED) is 0.660. The van der Waals surface area contributed by atoms with E-state index in [1.54, 1.807) is 0 Å². The van der Waals surface area contributed by atoms with Crippen LogP contribution in [0.15, 0.2) is 41.4 Å². The number of sulfonamides is 1. The number of benzene rings is 1. The minimum atomic E-state index is -3.82. The van der Waals surface area contributed by atoms with Crippen molar-refractivity contribution in [3.05, 3.63) is 42.5 Å². The van der Waals surface area contributed by atoms with Gasteiger partial charge in [0.15, 0.2) is 0 Å². The molecule has 8 heteroatoms. The topological polar surface area (TPSA) is 94.3 Å². The van der Waals surface area contributed by atoms with E-state index in [0.717, 1.165) is 12.3 Å². The number of nitrogens with one attached hydrogen (secondary N) is 1. The Hall–Kier alpha value is -2.35. The van der Waals surface area contributed by atoms with Gasteiger partial charge in [-0.25, -0.2) is 13.4 Å². The molecule has 0 spiro atoms. The molecule has 6 nitrogen and oxygen atoms in total. The van der Waals surface area contributed by atoms with Crippen LogP contribution >= 0.6 is 0 Å². The molecule has 1 aromatic carbocycles. The Bertz CT molecular complexity index is 717. The third kappa shape index (κ3) is 2.97. The average molecular weight is 297 g/mol. The molecular formula is C12H12FN3O3S. The number of anilines is 2. The molecule has 0 unspecified atom stereocenters. The smallest absolute Gasteiger partial charge is 0.262 e. The summed E-state index contributed by atoms with van der Waals surface area (Å²) in [5.74, 6) is -0.438. The van der Waals surface area contributed by atoms with Gasteiger partial charge in [-0.15, -0.1) is 0 Å². The molecule has 0 radical (unpaired) electrons. The lowest BCUT2D eigenvalue weighted by atomic mass is 10.3. The highest BCUT2D eigenvalue weighted by Gasteiger charge is 2.16. The van der Waals surface area contributed by atoms with Crippen LogP contribution in [0.5, 0.6) is 5.75 Å². The van der Waals surface area contributed by atoms with Crippen LogP contribution in [-0.4, -0.2) is 20.5 Å². The van der Waals surface area contributed by atoms with Crippen molar-refractivity contribution in [3.63, 3.8) is 0 Å². The zero-order valence-electron chi connectivity index (χ0n) is 10.5. The number of ether oxygens (including phenoxy) is 1. The van der Waals surface area contributed by atoms with Gasteiger partial charge in [-0.2, -0.15) is 4.39 Å². The highest BCUT2D eigenvalue weighted by atomic mass is 32.2. The van der Waals surface area contributed by atoms with Gasteiger partial charge in [-0.3, -0.25) is 4.72 Å². The van der Waals surface area contributed by atoms with Crippen molar-refractivity contribution >= 4 is 21.4 Å². The predicted octanol–water partition coefficient (Wildman–Crippen LogP) is 1.61. The van der Waals surface area contributed by atoms with E-state index in [1.807, 2.05) is 0 Å². The minimum absolute atomic E-state index is 0.0205. The van der Waals surface area contributed by atoms with Gasteiger partial charge in [0.1, 0.15) is 5.75 Å². The maximum absolute atomic E-state index is 12.7. The van der Waals surface area contributed by atoms with Crippen LogP contribution in [-0.2, 0) is 10.0 Å². The molecule has 106 valence electrons. The lowest BCUT2D eigenvalue weighted by Gasteiger charge is -2.10. The zero-order valence-corrected chi connectivity index (χ0v) is 11.3. The van der Waals surface area contributed by atoms with Crippen molar-refractivity contribution in [2.75, 3.05) is 17.6 Å². The standard InChI is InChI=1S/C12H12FN3O3S/c1-19-11-6-9(3-4-10(11)14)20(17,18)16-8-2-5-12(13)15-7-8/h2-7,16H,14H2,1H3. The number of aromatic nitrogens is 1. The summed E-state index contributed by atoms with van der Waals surface area (Å²) in [4.78, 5) is 3.35. The lowest BCUT2D eigenvalue weighted by Crippen LogP contribution is -2.13. The number of nitrogen functional groups attached to an aromatic ring is 1. The van der Waals surface area contributed by atoms with E-state index in [0.29, 0.717) is 5.69 Å². The first kappa shape index (κ1) is 14.1. The molecule has 0 saturated carbocycles. The van der Waals surface area contributed by atoms with E-state index < -0.39 is 16.0 Å². The Morgan fingerprint density at radius 2 is 2.05 bits per heavy atom. The minimum Gasteiger partial charge on any atom is -0.495 e. The van der Waals surface area contributed by atoms with Crippen LogP contribution in [0.1, 0.15) is 0 Å². The number of methoxy groups -OCH3 is 1. The summed E-state index contributed by atoms with van der Waals surface area (Å²) in [7, 11) is -2.44. The summed E-state index contributed by atoms with van der Waals surface area (Å²) in [6, 6.07) is 6.40. The first-order valence-corrected chi connectivity index (χ1v) is 6.98. The van der Waals surface area contributed by atoms with E-state index in [2.05, 4.69) is 9.71 Å². The Morgan fingerprint density at radius 1 is 1.30 bits per heavy atom. The number of halogens is 1. The molecule has 0 aliphatic heterocycles. The maximum Gasteiger partial charge on any atom is 0.262 e. The van der Waals surface area contributed by atoms with Crippen LogP contribution in [0.3, 0.4) is 0 Å². The number of nitrogens with zero attached hydrogens (tertiary/aromatic N) is 1. The molecule has 0 bridgehead atoms. The summed E-state index contributed by atoms with van der Waals surface area (Å²) in [5, 5.41) is 0. The molecule has 1 aromatic heterocycles. The zero-order chi connectivity index (χ0) is 14.8. The summed E-state index contributed by atoms with van der Waals surface area (Å²) in [6.45, 7) is 0. The summed E-state index contributed by atoms with van der Waals surface area (Å²) in [5.41, 5.74) is 6.10. The fourth-order valence-electron chi connectivity index (χ4n) is 1.51. The highest BCUT2D eigenvalue weighted by molar-refractivity contribution is 7.92. The third-order valence-corrected chi connectivity index (χ3v) is 3.87. The Labute approximate surface area is 115 Å². The number of hydrogen-bond donors (Lipinski definition) is 2. The second kappa shape index (κ2) is 5.33. The Kier molecular flexibility index (Phi) is 3.75. The molecule has 2 rings (SSSR count). The van der Waals surface area contributed by atoms with Gasteiger partial charge in [-0.1, -0.05) is 0 Å². The number of pyridine rings is 1. The van der Waals surface area contributed by atoms with Gasteiger partial charge in [0.05, 0.1) is 29.6 Å². The number of rotatable bonds is 4. The normalized spacial score (nSPS) is 11.1. The average Bonchev–Trinajstić information content (AvgIpc) is 2.41. The van der Waals surface area contributed by atoms with Crippen molar-refractivity contribution in [2.24, 2.45) is 0 Å². The highest BCUT2D eigenvalue weighted by Crippen LogP contribution is 2.25. The van der Waals surface area contributed by atoms with Gasteiger partial charge < -0.3 is 10.5 Å². The van der Waals surface area contributed by atoms with Gasteiger partial charge in [0.2, 0.25) is 5.95 Å². The molecule has 2 aromatic rings.